The van der Waals surface area contributed by atoms with Gasteiger partial charge in [-0.25, -0.2) is 0 Å². The summed E-state index contributed by atoms with van der Waals surface area (Å²) >= 11 is 0. The van der Waals surface area contributed by atoms with Gasteiger partial charge in [-0.15, -0.1) is 0 Å². The van der Waals surface area contributed by atoms with E-state index in [1.54, 1.807) is 6.08 Å². The van der Waals surface area contributed by atoms with Gasteiger partial charge in [0.2, 0.25) is 0 Å². The van der Waals surface area contributed by atoms with Crippen molar-refractivity contribution >= 4 is 5.78 Å². The Kier molecular flexibility index (Phi) is 1.32. The zero-order chi connectivity index (χ0) is 9.92. The fraction of sp³-hybridized carbons (Fsp3) is 0.417. The fourth-order valence-corrected chi connectivity index (χ4v) is 2.62. The molecule has 3 rings (SSSR count). The first-order valence-electron chi connectivity index (χ1n) is 4.99. The van der Waals surface area contributed by atoms with Gasteiger partial charge in [-0.3, -0.25) is 4.79 Å². The van der Waals surface area contributed by atoms with Crippen molar-refractivity contribution in [1.82, 2.24) is 0 Å². The van der Waals surface area contributed by atoms with Gasteiger partial charge in [-0.1, -0.05) is 23.8 Å². The van der Waals surface area contributed by atoms with Crippen LogP contribution in [0.25, 0.3) is 0 Å². The van der Waals surface area contributed by atoms with Crippen LogP contribution in [0.1, 0.15) is 19.8 Å². The van der Waals surface area contributed by atoms with Crippen LogP contribution in [0.15, 0.2) is 34.9 Å². The summed E-state index contributed by atoms with van der Waals surface area (Å²) in [5, 5.41) is 9.93. The first-order chi connectivity index (χ1) is 6.67. The third kappa shape index (κ3) is 0.735. The predicted octanol–water partition coefficient (Wildman–Crippen LogP) is 1.52. The van der Waals surface area contributed by atoms with E-state index in [4.69, 9.17) is 0 Å². The number of allylic oxidation sites excluding steroid dienone is 4. The number of fused-ring (bicyclic) bond motifs is 1. The van der Waals surface area contributed by atoms with Crippen LogP contribution < -0.4 is 0 Å². The summed E-state index contributed by atoms with van der Waals surface area (Å²) in [6.45, 7) is 2.04. The Labute approximate surface area is 82.6 Å². The maximum atomic E-state index is 11.8. The SMILES string of the molecule is CC1=C2C=CC=C2C(=O)C(O)C12CC2. The lowest BCUT2D eigenvalue weighted by Gasteiger charge is -2.29. The molecule has 1 N–H and O–H groups in total. The molecule has 2 nitrogen and oxygen atoms in total. The van der Waals surface area contributed by atoms with E-state index in [9.17, 15) is 9.90 Å². The Balaban J connectivity index is 2.23. The van der Waals surface area contributed by atoms with Crippen LogP contribution in [0.4, 0.5) is 0 Å². The second-order valence-electron chi connectivity index (χ2n) is 4.40. The molecular formula is C12H12O2. The highest BCUT2D eigenvalue weighted by atomic mass is 16.3. The number of aliphatic hydroxyl groups excluding tert-OH is 1. The minimum Gasteiger partial charge on any atom is -0.384 e. The van der Waals surface area contributed by atoms with Gasteiger partial charge in [0.25, 0.3) is 0 Å². The second kappa shape index (κ2) is 2.26. The van der Waals surface area contributed by atoms with Crippen molar-refractivity contribution in [3.8, 4) is 0 Å². The Morgan fingerprint density at radius 1 is 1.50 bits per heavy atom. The first-order valence-corrected chi connectivity index (χ1v) is 4.99. The van der Waals surface area contributed by atoms with E-state index in [1.165, 1.54) is 5.57 Å². The van der Waals surface area contributed by atoms with Crippen LogP contribution in [-0.2, 0) is 4.79 Å². The molecule has 0 bridgehead atoms. The molecule has 3 aliphatic carbocycles. The van der Waals surface area contributed by atoms with Crippen molar-refractivity contribution in [2.45, 2.75) is 25.9 Å². The first kappa shape index (κ1) is 8.18. The molecule has 0 aromatic rings. The van der Waals surface area contributed by atoms with Gasteiger partial charge in [0.05, 0.1) is 0 Å². The lowest BCUT2D eigenvalue weighted by atomic mass is 9.76. The van der Waals surface area contributed by atoms with E-state index in [2.05, 4.69) is 0 Å². The summed E-state index contributed by atoms with van der Waals surface area (Å²) in [6, 6.07) is 0. The van der Waals surface area contributed by atoms with Crippen LogP contribution in [-0.4, -0.2) is 17.0 Å². The van der Waals surface area contributed by atoms with E-state index in [0.29, 0.717) is 5.57 Å². The monoisotopic (exact) mass is 188 g/mol. The van der Waals surface area contributed by atoms with E-state index in [-0.39, 0.29) is 11.2 Å². The van der Waals surface area contributed by atoms with Crippen molar-refractivity contribution in [3.63, 3.8) is 0 Å². The van der Waals surface area contributed by atoms with Gasteiger partial charge in [0, 0.05) is 11.0 Å². The van der Waals surface area contributed by atoms with Gasteiger partial charge >= 0.3 is 0 Å². The number of Topliss-reactive ketones (excluding diaryl/α,β-unsaturated/α-hetero) is 1. The molecule has 0 heterocycles. The van der Waals surface area contributed by atoms with E-state index >= 15 is 0 Å². The molecule has 3 aliphatic rings. The summed E-state index contributed by atoms with van der Waals surface area (Å²) in [5.41, 5.74) is 2.76. The molecule has 2 heteroatoms. The molecule has 0 aromatic carbocycles. The number of carbonyl (C=O) groups is 1. The summed E-state index contributed by atoms with van der Waals surface area (Å²) in [6.07, 6.45) is 6.79. The predicted molar refractivity (Wildman–Crippen MR) is 52.6 cm³/mol. The Hall–Kier alpha value is -1.15. The summed E-state index contributed by atoms with van der Waals surface area (Å²) in [5.74, 6) is -0.0897. The van der Waals surface area contributed by atoms with Gasteiger partial charge in [-0.2, -0.15) is 0 Å². The lowest BCUT2D eigenvalue weighted by molar-refractivity contribution is -0.126. The van der Waals surface area contributed by atoms with Crippen molar-refractivity contribution in [3.05, 3.63) is 34.9 Å². The van der Waals surface area contributed by atoms with Crippen molar-refractivity contribution in [1.29, 1.82) is 0 Å². The number of ketones is 1. The highest BCUT2D eigenvalue weighted by Gasteiger charge is 2.57. The largest absolute Gasteiger partial charge is 0.384 e. The zero-order valence-electron chi connectivity index (χ0n) is 8.08. The zero-order valence-corrected chi connectivity index (χ0v) is 8.08. The number of aliphatic hydroxyl groups is 1. The minimum absolute atomic E-state index is 0.0897. The standard InChI is InChI=1S/C12H12O2/c1-7-8-3-2-4-9(8)10(13)11(14)12(7)5-6-12/h2-4,11,14H,5-6H2,1H3. The number of rotatable bonds is 0. The van der Waals surface area contributed by atoms with Crippen LogP contribution >= 0.6 is 0 Å². The van der Waals surface area contributed by atoms with Crippen molar-refractivity contribution in [2.75, 3.05) is 0 Å². The lowest BCUT2D eigenvalue weighted by Crippen LogP contribution is -2.37. The van der Waals surface area contributed by atoms with Crippen LogP contribution in [0, 0.1) is 5.41 Å². The molecule has 1 spiro atoms. The highest BCUT2D eigenvalue weighted by molar-refractivity contribution is 6.07. The van der Waals surface area contributed by atoms with Crippen LogP contribution in [0.5, 0.6) is 0 Å². The van der Waals surface area contributed by atoms with Crippen LogP contribution in [0.3, 0.4) is 0 Å². The maximum absolute atomic E-state index is 11.8. The normalized spacial score (nSPS) is 32.3. The second-order valence-corrected chi connectivity index (χ2v) is 4.40. The molecule has 0 aliphatic heterocycles. The topological polar surface area (TPSA) is 37.3 Å². The van der Waals surface area contributed by atoms with E-state index in [0.717, 1.165) is 18.4 Å². The molecular weight excluding hydrogens is 176 g/mol. The van der Waals surface area contributed by atoms with Crippen LogP contribution in [0.2, 0.25) is 0 Å². The summed E-state index contributed by atoms with van der Waals surface area (Å²) in [4.78, 5) is 11.8. The maximum Gasteiger partial charge on any atom is 0.192 e. The molecule has 1 fully saturated rings. The van der Waals surface area contributed by atoms with Gasteiger partial charge in [-0.05, 0) is 25.3 Å². The quantitative estimate of drug-likeness (QED) is 0.625. The molecule has 0 radical (unpaired) electrons. The number of carbonyl (C=O) groups excluding carboxylic acids is 1. The Morgan fingerprint density at radius 2 is 2.21 bits per heavy atom. The minimum atomic E-state index is -0.794. The van der Waals surface area contributed by atoms with E-state index in [1.807, 2.05) is 19.1 Å². The average molecular weight is 188 g/mol. The molecule has 0 aromatic heterocycles. The molecule has 1 atom stereocenters. The molecule has 0 saturated heterocycles. The molecule has 0 amide bonds. The third-order valence-corrected chi connectivity index (χ3v) is 3.79. The van der Waals surface area contributed by atoms with Crippen molar-refractivity contribution in [2.24, 2.45) is 5.41 Å². The molecule has 72 valence electrons. The van der Waals surface area contributed by atoms with Gasteiger partial charge in [0.15, 0.2) is 5.78 Å². The summed E-state index contributed by atoms with van der Waals surface area (Å²) < 4.78 is 0. The Bertz CT molecular complexity index is 420. The number of hydrogen-bond acceptors (Lipinski definition) is 2. The summed E-state index contributed by atoms with van der Waals surface area (Å²) in [7, 11) is 0. The van der Waals surface area contributed by atoms with Crippen molar-refractivity contribution < 1.29 is 9.90 Å². The smallest absolute Gasteiger partial charge is 0.192 e. The molecule has 1 unspecified atom stereocenters. The fourth-order valence-electron chi connectivity index (χ4n) is 2.62. The average Bonchev–Trinajstić information content (AvgIpc) is 2.83. The third-order valence-electron chi connectivity index (χ3n) is 3.79. The van der Waals surface area contributed by atoms with Gasteiger partial charge < -0.3 is 5.11 Å². The highest BCUT2D eigenvalue weighted by Crippen LogP contribution is 2.59. The van der Waals surface area contributed by atoms with E-state index < -0.39 is 6.10 Å². The number of hydrogen-bond donors (Lipinski definition) is 1. The Morgan fingerprint density at radius 3 is 2.86 bits per heavy atom. The molecule has 1 saturated carbocycles. The molecule has 14 heavy (non-hydrogen) atoms. The van der Waals surface area contributed by atoms with Gasteiger partial charge in [0.1, 0.15) is 6.10 Å².